The maximum absolute atomic E-state index is 2.44. The van der Waals surface area contributed by atoms with Crippen LogP contribution in [-0.4, -0.2) is 75.1 Å². The van der Waals surface area contributed by atoms with Crippen molar-refractivity contribution >= 4 is 0 Å². The van der Waals surface area contributed by atoms with Crippen LogP contribution in [0.2, 0.25) is 0 Å². The molecule has 0 aromatic carbocycles. The van der Waals surface area contributed by atoms with Gasteiger partial charge >= 0.3 is 0 Å². The van der Waals surface area contributed by atoms with Crippen LogP contribution in [0.3, 0.4) is 0 Å². The van der Waals surface area contributed by atoms with Crippen molar-refractivity contribution in [3.8, 4) is 0 Å². The molecule has 0 amide bonds. The molecule has 0 fully saturated rings. The van der Waals surface area contributed by atoms with Gasteiger partial charge in [-0.05, 0) is 40.7 Å². The molecule has 0 N–H and O–H groups in total. The topological polar surface area (TPSA) is 9.72 Å². The Balaban J connectivity index is 3.95. The van der Waals surface area contributed by atoms with E-state index in [4.69, 9.17) is 0 Å². The van der Waals surface area contributed by atoms with Crippen molar-refractivity contribution in [2.75, 3.05) is 54.4 Å². The Bertz CT molecular complexity index is 161. The Morgan fingerprint density at radius 3 is 1.75 bits per heavy atom. The molecule has 0 saturated heterocycles. The number of hydrogen-bond donors (Lipinski definition) is 0. The highest BCUT2D eigenvalue weighted by atomic mass is 15.2. The molecule has 0 spiro atoms. The lowest BCUT2D eigenvalue weighted by Gasteiger charge is -2.32. The van der Waals surface area contributed by atoms with Crippen LogP contribution in [0.15, 0.2) is 0 Å². The quantitative estimate of drug-likeness (QED) is 0.624. The Morgan fingerprint density at radius 1 is 0.875 bits per heavy atom. The summed E-state index contributed by atoms with van der Waals surface area (Å²) >= 11 is 0. The lowest BCUT2D eigenvalue weighted by atomic mass is 10.0. The second-order valence-electron chi connectivity index (χ2n) is 5.43. The van der Waals surface area contributed by atoms with E-state index in [1.54, 1.807) is 0 Å². The van der Waals surface area contributed by atoms with E-state index in [0.717, 1.165) is 26.2 Å². The predicted octanol–water partition coefficient (Wildman–Crippen LogP) is 1.46. The van der Waals surface area contributed by atoms with Gasteiger partial charge in [0.15, 0.2) is 0 Å². The average Bonchev–Trinajstić information content (AvgIpc) is 2.21. The van der Waals surface area contributed by atoms with Crippen LogP contribution in [0.1, 0.15) is 20.8 Å². The van der Waals surface area contributed by atoms with Crippen LogP contribution in [0.25, 0.3) is 0 Å². The third-order valence-electron chi connectivity index (χ3n) is 3.33. The van der Waals surface area contributed by atoms with E-state index in [1.165, 1.54) is 0 Å². The van der Waals surface area contributed by atoms with Gasteiger partial charge in [0.05, 0.1) is 0 Å². The number of hydrogen-bond acceptors (Lipinski definition) is 3. The first-order chi connectivity index (χ1) is 7.38. The third kappa shape index (κ3) is 6.46. The molecule has 0 saturated carbocycles. The van der Waals surface area contributed by atoms with E-state index >= 15 is 0 Å². The maximum atomic E-state index is 2.44. The van der Waals surface area contributed by atoms with Crippen molar-refractivity contribution in [1.82, 2.24) is 14.7 Å². The largest absolute Gasteiger partial charge is 0.305 e. The van der Waals surface area contributed by atoms with Crippen molar-refractivity contribution in [3.05, 3.63) is 0 Å². The Labute approximate surface area is 102 Å². The first-order valence-corrected chi connectivity index (χ1v) is 6.42. The van der Waals surface area contributed by atoms with E-state index in [0.29, 0.717) is 12.0 Å². The first-order valence-electron chi connectivity index (χ1n) is 6.42. The van der Waals surface area contributed by atoms with Gasteiger partial charge in [-0.15, -0.1) is 0 Å². The fourth-order valence-electron chi connectivity index (χ4n) is 1.88. The van der Waals surface area contributed by atoms with Crippen LogP contribution in [0, 0.1) is 5.92 Å². The molecular weight excluding hydrogens is 198 g/mol. The van der Waals surface area contributed by atoms with Crippen LogP contribution < -0.4 is 0 Å². The summed E-state index contributed by atoms with van der Waals surface area (Å²) in [6, 6.07) is 0.650. The van der Waals surface area contributed by atoms with Crippen molar-refractivity contribution in [3.63, 3.8) is 0 Å². The summed E-state index contributed by atoms with van der Waals surface area (Å²) in [6.45, 7) is 11.4. The van der Waals surface area contributed by atoms with Crippen molar-refractivity contribution in [2.45, 2.75) is 26.8 Å². The summed E-state index contributed by atoms with van der Waals surface area (Å²) in [5, 5.41) is 0. The van der Waals surface area contributed by atoms with Crippen LogP contribution in [-0.2, 0) is 0 Å². The van der Waals surface area contributed by atoms with Crippen molar-refractivity contribution < 1.29 is 0 Å². The minimum Gasteiger partial charge on any atom is -0.305 e. The van der Waals surface area contributed by atoms with Gasteiger partial charge in [0.2, 0.25) is 0 Å². The van der Waals surface area contributed by atoms with Gasteiger partial charge in [0.25, 0.3) is 0 Å². The molecule has 1 unspecified atom stereocenters. The fraction of sp³-hybridized carbons (Fsp3) is 1.00. The summed E-state index contributed by atoms with van der Waals surface area (Å²) in [5.74, 6) is 0.710. The molecule has 0 aliphatic heterocycles. The minimum absolute atomic E-state index is 0.650. The highest BCUT2D eigenvalue weighted by Crippen LogP contribution is 2.08. The molecule has 0 aliphatic carbocycles. The molecule has 3 heteroatoms. The molecule has 0 aliphatic rings. The monoisotopic (exact) mass is 229 g/mol. The van der Waals surface area contributed by atoms with Crippen molar-refractivity contribution in [1.29, 1.82) is 0 Å². The van der Waals surface area contributed by atoms with Gasteiger partial charge in [-0.1, -0.05) is 20.8 Å². The summed E-state index contributed by atoms with van der Waals surface area (Å²) in [7, 11) is 8.76. The van der Waals surface area contributed by atoms with Gasteiger partial charge < -0.3 is 14.7 Å². The molecule has 3 nitrogen and oxygen atoms in total. The molecule has 98 valence electrons. The standard InChI is InChI=1S/C13H31N3/c1-8-15(6)9-10-16(7)11-13(12(2)3)14(4)5/h12-13H,8-11H2,1-7H3. The van der Waals surface area contributed by atoms with Gasteiger partial charge in [0.1, 0.15) is 0 Å². The summed E-state index contributed by atoms with van der Waals surface area (Å²) in [5.41, 5.74) is 0. The zero-order valence-corrected chi connectivity index (χ0v) is 12.3. The van der Waals surface area contributed by atoms with E-state index in [9.17, 15) is 0 Å². The van der Waals surface area contributed by atoms with Crippen LogP contribution >= 0.6 is 0 Å². The normalized spacial score (nSPS) is 14.4. The molecule has 0 rings (SSSR count). The second kappa shape index (κ2) is 8.04. The number of rotatable bonds is 8. The maximum Gasteiger partial charge on any atom is 0.0239 e. The van der Waals surface area contributed by atoms with Crippen molar-refractivity contribution in [2.24, 2.45) is 5.92 Å². The Hall–Kier alpha value is -0.120. The van der Waals surface area contributed by atoms with E-state index in [2.05, 4.69) is 63.7 Å². The molecule has 16 heavy (non-hydrogen) atoms. The third-order valence-corrected chi connectivity index (χ3v) is 3.33. The molecule has 0 aromatic rings. The molecule has 0 aromatic heterocycles. The fourth-order valence-corrected chi connectivity index (χ4v) is 1.88. The molecule has 0 bridgehead atoms. The number of likely N-dealkylation sites (N-methyl/N-ethyl adjacent to an activating group) is 3. The molecular formula is C13H31N3. The summed E-state index contributed by atoms with van der Waals surface area (Å²) < 4.78 is 0. The highest BCUT2D eigenvalue weighted by Gasteiger charge is 2.17. The SMILES string of the molecule is CCN(C)CCN(C)CC(C(C)C)N(C)C. The Morgan fingerprint density at radius 2 is 1.38 bits per heavy atom. The molecule has 0 radical (unpaired) electrons. The van der Waals surface area contributed by atoms with Crippen LogP contribution in [0.5, 0.6) is 0 Å². The lowest BCUT2D eigenvalue weighted by molar-refractivity contribution is 0.158. The van der Waals surface area contributed by atoms with Gasteiger partial charge in [-0.3, -0.25) is 0 Å². The Kier molecular flexibility index (Phi) is 7.98. The predicted molar refractivity (Wildman–Crippen MR) is 73.0 cm³/mol. The minimum atomic E-state index is 0.650. The lowest BCUT2D eigenvalue weighted by Crippen LogP contribution is -2.44. The average molecular weight is 229 g/mol. The van der Waals surface area contributed by atoms with E-state index in [-0.39, 0.29) is 0 Å². The zero-order chi connectivity index (χ0) is 12.7. The molecule has 1 atom stereocenters. The van der Waals surface area contributed by atoms with E-state index in [1.807, 2.05) is 0 Å². The summed E-state index contributed by atoms with van der Waals surface area (Å²) in [6.07, 6.45) is 0. The second-order valence-corrected chi connectivity index (χ2v) is 5.43. The zero-order valence-electron chi connectivity index (χ0n) is 12.3. The number of nitrogens with zero attached hydrogens (tertiary/aromatic N) is 3. The smallest absolute Gasteiger partial charge is 0.0239 e. The molecule has 0 heterocycles. The highest BCUT2D eigenvalue weighted by molar-refractivity contribution is 4.73. The van der Waals surface area contributed by atoms with Gasteiger partial charge in [-0.2, -0.15) is 0 Å². The first kappa shape index (κ1) is 15.9. The van der Waals surface area contributed by atoms with Crippen LogP contribution in [0.4, 0.5) is 0 Å². The van der Waals surface area contributed by atoms with E-state index < -0.39 is 0 Å². The van der Waals surface area contributed by atoms with Gasteiger partial charge in [-0.25, -0.2) is 0 Å². The summed E-state index contributed by atoms with van der Waals surface area (Å²) in [4.78, 5) is 7.14. The van der Waals surface area contributed by atoms with Gasteiger partial charge in [0, 0.05) is 25.7 Å².